The first kappa shape index (κ1) is 14.9. The molecular weight excluding hydrogens is 296 g/mol. The average molecular weight is 313 g/mol. The lowest BCUT2D eigenvalue weighted by molar-refractivity contribution is -0.146. The Labute approximate surface area is 116 Å². The molecule has 0 saturated carbocycles. The van der Waals surface area contributed by atoms with E-state index in [-0.39, 0.29) is 5.78 Å². The highest BCUT2D eigenvalue weighted by Gasteiger charge is 2.27. The second kappa shape index (κ2) is 7.31. The fourth-order valence-corrected chi connectivity index (χ4v) is 1.97. The Morgan fingerprint density at radius 1 is 1.22 bits per heavy atom. The third kappa shape index (κ3) is 3.95. The van der Waals surface area contributed by atoms with Gasteiger partial charge in [0.25, 0.3) is 0 Å². The highest BCUT2D eigenvalue weighted by atomic mass is 79.9. The third-order valence-corrected chi connectivity index (χ3v) is 3.12. The van der Waals surface area contributed by atoms with Crippen LogP contribution in [0.4, 0.5) is 0 Å². The smallest absolute Gasteiger partial charge is 0.316 e. The fourth-order valence-electron chi connectivity index (χ4n) is 1.70. The van der Waals surface area contributed by atoms with E-state index in [1.165, 1.54) is 0 Å². The van der Waals surface area contributed by atoms with Crippen LogP contribution >= 0.6 is 15.9 Å². The molecule has 0 radical (unpaired) electrons. The topological polar surface area (TPSA) is 43.4 Å². The summed E-state index contributed by atoms with van der Waals surface area (Å²) in [5.41, 5.74) is 0.546. The summed E-state index contributed by atoms with van der Waals surface area (Å²) < 4.78 is 5.86. The standard InChI is InChI=1S/C14H17BrO3/c1-3-5-12(14(17)18-4-2)13(16)10-6-8-11(15)9-7-10/h6-9,12H,3-5H2,1-2H3. The van der Waals surface area contributed by atoms with Gasteiger partial charge in [0.2, 0.25) is 0 Å². The molecule has 0 aliphatic heterocycles. The summed E-state index contributed by atoms with van der Waals surface area (Å²) in [7, 11) is 0. The lowest BCUT2D eigenvalue weighted by atomic mass is 9.93. The molecule has 0 fully saturated rings. The van der Waals surface area contributed by atoms with Gasteiger partial charge in [0.15, 0.2) is 5.78 Å². The van der Waals surface area contributed by atoms with E-state index in [0.29, 0.717) is 18.6 Å². The predicted octanol–water partition coefficient (Wildman–Crippen LogP) is 3.61. The van der Waals surface area contributed by atoms with Crippen molar-refractivity contribution in [3.63, 3.8) is 0 Å². The average Bonchev–Trinajstić information content (AvgIpc) is 2.36. The van der Waals surface area contributed by atoms with Crippen molar-refractivity contribution < 1.29 is 14.3 Å². The van der Waals surface area contributed by atoms with Crippen LogP contribution in [0, 0.1) is 5.92 Å². The number of hydrogen-bond acceptors (Lipinski definition) is 3. The number of hydrogen-bond donors (Lipinski definition) is 0. The minimum atomic E-state index is -0.684. The molecule has 0 bridgehead atoms. The minimum Gasteiger partial charge on any atom is -0.465 e. The number of rotatable bonds is 6. The molecule has 4 heteroatoms. The van der Waals surface area contributed by atoms with E-state index in [2.05, 4.69) is 15.9 Å². The molecule has 0 aliphatic carbocycles. The number of ether oxygens (including phenoxy) is 1. The first-order chi connectivity index (χ1) is 8.60. The molecule has 0 amide bonds. The SMILES string of the molecule is CCCC(C(=O)OCC)C(=O)c1ccc(Br)cc1. The molecule has 0 heterocycles. The van der Waals surface area contributed by atoms with E-state index in [1.807, 2.05) is 6.92 Å². The molecule has 1 rings (SSSR count). The van der Waals surface area contributed by atoms with Crippen molar-refractivity contribution >= 4 is 27.7 Å². The lowest BCUT2D eigenvalue weighted by Gasteiger charge is -2.13. The number of benzene rings is 1. The largest absolute Gasteiger partial charge is 0.465 e. The van der Waals surface area contributed by atoms with Crippen LogP contribution in [0.3, 0.4) is 0 Å². The van der Waals surface area contributed by atoms with E-state index in [4.69, 9.17) is 4.74 Å². The molecular formula is C14H17BrO3. The molecule has 1 unspecified atom stereocenters. The van der Waals surface area contributed by atoms with Gasteiger partial charge in [-0.1, -0.05) is 41.4 Å². The molecule has 1 aromatic rings. The zero-order valence-electron chi connectivity index (χ0n) is 10.6. The van der Waals surface area contributed by atoms with E-state index >= 15 is 0 Å². The summed E-state index contributed by atoms with van der Waals surface area (Å²) >= 11 is 3.31. The number of ketones is 1. The van der Waals surface area contributed by atoms with E-state index in [1.54, 1.807) is 31.2 Å². The van der Waals surface area contributed by atoms with Crippen LogP contribution < -0.4 is 0 Å². The van der Waals surface area contributed by atoms with Crippen LogP contribution in [-0.2, 0) is 9.53 Å². The van der Waals surface area contributed by atoms with Crippen molar-refractivity contribution in [2.24, 2.45) is 5.92 Å². The molecule has 0 aliphatic rings. The van der Waals surface area contributed by atoms with Gasteiger partial charge >= 0.3 is 5.97 Å². The fraction of sp³-hybridized carbons (Fsp3) is 0.429. The Hall–Kier alpha value is -1.16. The molecule has 98 valence electrons. The quantitative estimate of drug-likeness (QED) is 0.458. The maximum absolute atomic E-state index is 12.2. The normalized spacial score (nSPS) is 11.9. The van der Waals surface area contributed by atoms with Gasteiger partial charge in [-0.3, -0.25) is 9.59 Å². The van der Waals surface area contributed by atoms with Crippen molar-refractivity contribution in [1.29, 1.82) is 0 Å². The second-order valence-corrected chi connectivity index (χ2v) is 4.88. The Balaban J connectivity index is 2.88. The van der Waals surface area contributed by atoms with Gasteiger partial charge in [0, 0.05) is 10.0 Å². The minimum absolute atomic E-state index is 0.164. The molecule has 0 saturated heterocycles. The maximum Gasteiger partial charge on any atom is 0.316 e. The first-order valence-corrected chi connectivity index (χ1v) is 6.85. The van der Waals surface area contributed by atoms with E-state index in [0.717, 1.165) is 10.9 Å². The third-order valence-electron chi connectivity index (χ3n) is 2.59. The van der Waals surface area contributed by atoms with Crippen molar-refractivity contribution in [1.82, 2.24) is 0 Å². The molecule has 0 N–H and O–H groups in total. The van der Waals surface area contributed by atoms with Crippen LogP contribution in [0.1, 0.15) is 37.0 Å². The van der Waals surface area contributed by atoms with Crippen LogP contribution in [0.2, 0.25) is 0 Å². The highest BCUT2D eigenvalue weighted by molar-refractivity contribution is 9.10. The van der Waals surface area contributed by atoms with Crippen LogP contribution in [0.25, 0.3) is 0 Å². The molecule has 0 spiro atoms. The van der Waals surface area contributed by atoms with Gasteiger partial charge in [0.1, 0.15) is 5.92 Å². The van der Waals surface area contributed by atoms with E-state index < -0.39 is 11.9 Å². The molecule has 18 heavy (non-hydrogen) atoms. The van der Waals surface area contributed by atoms with E-state index in [9.17, 15) is 9.59 Å². The number of Topliss-reactive ketones (excluding diaryl/α,β-unsaturated/α-hetero) is 1. The van der Waals surface area contributed by atoms with Crippen molar-refractivity contribution in [2.45, 2.75) is 26.7 Å². The zero-order chi connectivity index (χ0) is 13.5. The lowest BCUT2D eigenvalue weighted by Crippen LogP contribution is -2.26. The molecule has 1 aromatic carbocycles. The van der Waals surface area contributed by atoms with Gasteiger partial charge in [-0.15, -0.1) is 0 Å². The van der Waals surface area contributed by atoms with Gasteiger partial charge in [-0.2, -0.15) is 0 Å². The van der Waals surface area contributed by atoms with Crippen molar-refractivity contribution in [3.05, 3.63) is 34.3 Å². The highest BCUT2D eigenvalue weighted by Crippen LogP contribution is 2.18. The first-order valence-electron chi connectivity index (χ1n) is 6.06. The number of carbonyl (C=O) groups excluding carboxylic acids is 2. The summed E-state index contributed by atoms with van der Waals surface area (Å²) in [6.07, 6.45) is 1.29. The predicted molar refractivity (Wildman–Crippen MR) is 73.5 cm³/mol. The Kier molecular flexibility index (Phi) is 6.05. The number of carbonyl (C=O) groups is 2. The number of esters is 1. The number of halogens is 1. The zero-order valence-corrected chi connectivity index (χ0v) is 12.2. The summed E-state index contributed by atoms with van der Waals surface area (Å²) in [5.74, 6) is -1.27. The molecule has 3 nitrogen and oxygen atoms in total. The summed E-state index contributed by atoms with van der Waals surface area (Å²) in [6, 6.07) is 7.02. The van der Waals surface area contributed by atoms with Crippen LogP contribution in [0.5, 0.6) is 0 Å². The van der Waals surface area contributed by atoms with Gasteiger partial charge in [-0.25, -0.2) is 0 Å². The monoisotopic (exact) mass is 312 g/mol. The Morgan fingerprint density at radius 2 is 1.83 bits per heavy atom. The Morgan fingerprint density at radius 3 is 2.33 bits per heavy atom. The van der Waals surface area contributed by atoms with Gasteiger partial charge in [-0.05, 0) is 25.5 Å². The summed E-state index contributed by atoms with van der Waals surface area (Å²) in [4.78, 5) is 24.0. The Bertz CT molecular complexity index is 412. The summed E-state index contributed by atoms with van der Waals surface area (Å²) in [6.45, 7) is 3.98. The molecule has 1 atom stereocenters. The second-order valence-electron chi connectivity index (χ2n) is 3.96. The van der Waals surface area contributed by atoms with Crippen LogP contribution in [0.15, 0.2) is 28.7 Å². The summed E-state index contributed by atoms with van der Waals surface area (Å²) in [5, 5.41) is 0. The van der Waals surface area contributed by atoms with Gasteiger partial charge < -0.3 is 4.74 Å². The maximum atomic E-state index is 12.2. The van der Waals surface area contributed by atoms with Crippen molar-refractivity contribution in [3.8, 4) is 0 Å². The molecule has 0 aromatic heterocycles. The van der Waals surface area contributed by atoms with Crippen LogP contribution in [-0.4, -0.2) is 18.4 Å². The van der Waals surface area contributed by atoms with Crippen molar-refractivity contribution in [2.75, 3.05) is 6.61 Å². The van der Waals surface area contributed by atoms with Gasteiger partial charge in [0.05, 0.1) is 6.61 Å².